The predicted molar refractivity (Wildman–Crippen MR) is 51.3 cm³/mol. The van der Waals surface area contributed by atoms with Gasteiger partial charge in [0, 0.05) is 11.8 Å². The van der Waals surface area contributed by atoms with Gasteiger partial charge in [-0.15, -0.1) is 0 Å². The van der Waals surface area contributed by atoms with Crippen LogP contribution in [0, 0.1) is 11.9 Å². The number of halogens is 2. The van der Waals surface area contributed by atoms with E-state index in [0.717, 1.165) is 0 Å². The molecule has 14 heavy (non-hydrogen) atoms. The summed E-state index contributed by atoms with van der Waals surface area (Å²) in [5, 5.41) is 0.139. The van der Waals surface area contributed by atoms with E-state index in [9.17, 15) is 4.39 Å². The number of benzene rings is 1. The summed E-state index contributed by atoms with van der Waals surface area (Å²) in [6, 6.07) is 8.69. The minimum Gasteiger partial charge on any atom is -0.226 e. The van der Waals surface area contributed by atoms with Crippen LogP contribution in [0.15, 0.2) is 30.5 Å². The number of rotatable bonds is 1. The van der Waals surface area contributed by atoms with E-state index in [0.29, 0.717) is 11.3 Å². The lowest BCUT2D eigenvalue weighted by Crippen LogP contribution is -1.87. The molecule has 0 aliphatic rings. The van der Waals surface area contributed by atoms with E-state index in [-0.39, 0.29) is 11.1 Å². The SMILES string of the molecule is Fc1cc[c]c(-c2ccnc(Cl)n2)c1. The molecule has 0 spiro atoms. The molecule has 69 valence electrons. The van der Waals surface area contributed by atoms with Crippen LogP contribution in [0.25, 0.3) is 11.3 Å². The van der Waals surface area contributed by atoms with E-state index in [2.05, 4.69) is 16.0 Å². The zero-order chi connectivity index (χ0) is 9.97. The van der Waals surface area contributed by atoms with E-state index >= 15 is 0 Å². The van der Waals surface area contributed by atoms with E-state index in [1.807, 2.05) is 0 Å². The Kier molecular flexibility index (Phi) is 2.41. The molecule has 0 N–H and O–H groups in total. The average molecular weight is 208 g/mol. The molecule has 0 atom stereocenters. The third-order valence-corrected chi connectivity index (χ3v) is 1.85. The number of hydrogen-bond donors (Lipinski definition) is 0. The zero-order valence-corrected chi connectivity index (χ0v) is 7.79. The van der Waals surface area contributed by atoms with Crippen LogP contribution in [-0.4, -0.2) is 9.97 Å². The van der Waals surface area contributed by atoms with Gasteiger partial charge in [-0.05, 0) is 35.9 Å². The van der Waals surface area contributed by atoms with E-state index in [4.69, 9.17) is 11.6 Å². The quantitative estimate of drug-likeness (QED) is 0.672. The minimum absolute atomic E-state index is 0.139. The van der Waals surface area contributed by atoms with Crippen LogP contribution in [0.1, 0.15) is 0 Å². The van der Waals surface area contributed by atoms with Gasteiger partial charge < -0.3 is 0 Å². The first-order valence-corrected chi connectivity index (χ1v) is 4.29. The number of hydrogen-bond acceptors (Lipinski definition) is 2. The number of nitrogens with zero attached hydrogens (tertiary/aromatic N) is 2. The molecule has 0 bridgehead atoms. The van der Waals surface area contributed by atoms with Gasteiger partial charge in [-0.25, -0.2) is 14.4 Å². The second-order valence-electron chi connectivity index (χ2n) is 2.63. The third-order valence-electron chi connectivity index (χ3n) is 1.67. The van der Waals surface area contributed by atoms with Crippen molar-refractivity contribution < 1.29 is 4.39 Å². The Hall–Kier alpha value is -1.48. The highest BCUT2D eigenvalue weighted by Crippen LogP contribution is 2.17. The molecule has 4 heteroatoms. The summed E-state index contributed by atoms with van der Waals surface area (Å²) in [4.78, 5) is 7.68. The van der Waals surface area contributed by atoms with Gasteiger partial charge in [0.25, 0.3) is 0 Å². The van der Waals surface area contributed by atoms with Crippen molar-refractivity contribution >= 4 is 11.6 Å². The Morgan fingerprint density at radius 3 is 2.93 bits per heavy atom. The molecule has 1 aromatic carbocycles. The lowest BCUT2D eigenvalue weighted by atomic mass is 10.1. The molecule has 0 unspecified atom stereocenters. The molecule has 2 rings (SSSR count). The van der Waals surface area contributed by atoms with Crippen LogP contribution in [0.2, 0.25) is 5.28 Å². The molecular weight excluding hydrogens is 203 g/mol. The fourth-order valence-electron chi connectivity index (χ4n) is 1.07. The molecule has 0 amide bonds. The predicted octanol–water partition coefficient (Wildman–Crippen LogP) is 2.74. The first-order valence-electron chi connectivity index (χ1n) is 3.92. The molecule has 0 aliphatic carbocycles. The van der Waals surface area contributed by atoms with Crippen LogP contribution in [0.5, 0.6) is 0 Å². The first-order chi connectivity index (χ1) is 6.75. The second kappa shape index (κ2) is 3.72. The largest absolute Gasteiger partial charge is 0.226 e. The highest BCUT2D eigenvalue weighted by molar-refractivity contribution is 6.28. The second-order valence-corrected chi connectivity index (χ2v) is 2.97. The summed E-state index contributed by atoms with van der Waals surface area (Å²) in [6.45, 7) is 0. The molecule has 1 heterocycles. The van der Waals surface area contributed by atoms with Crippen LogP contribution in [-0.2, 0) is 0 Å². The summed E-state index contributed by atoms with van der Waals surface area (Å²) in [6.07, 6.45) is 1.52. The maximum absolute atomic E-state index is 12.9. The Morgan fingerprint density at radius 2 is 2.21 bits per heavy atom. The van der Waals surface area contributed by atoms with Crippen molar-refractivity contribution in [1.82, 2.24) is 9.97 Å². The third kappa shape index (κ3) is 1.88. The highest BCUT2D eigenvalue weighted by Gasteiger charge is 2.01. The smallest absolute Gasteiger partial charge is 0.222 e. The van der Waals surface area contributed by atoms with E-state index < -0.39 is 0 Å². The Bertz CT molecular complexity index is 416. The average Bonchev–Trinajstić information content (AvgIpc) is 2.18. The van der Waals surface area contributed by atoms with Crippen molar-refractivity contribution in [2.75, 3.05) is 0 Å². The normalized spacial score (nSPS) is 10.1. The van der Waals surface area contributed by atoms with E-state index in [1.165, 1.54) is 24.4 Å². The molecule has 2 nitrogen and oxygen atoms in total. The maximum atomic E-state index is 12.9. The topological polar surface area (TPSA) is 25.8 Å². The number of aromatic nitrogens is 2. The van der Waals surface area contributed by atoms with Crippen molar-refractivity contribution in [1.29, 1.82) is 0 Å². The van der Waals surface area contributed by atoms with Crippen molar-refractivity contribution in [2.24, 2.45) is 0 Å². The minimum atomic E-state index is -0.325. The monoisotopic (exact) mass is 207 g/mol. The van der Waals surface area contributed by atoms with Gasteiger partial charge in [-0.2, -0.15) is 0 Å². The van der Waals surface area contributed by atoms with Crippen molar-refractivity contribution in [3.63, 3.8) is 0 Å². The van der Waals surface area contributed by atoms with E-state index in [1.54, 1.807) is 6.07 Å². The lowest BCUT2D eigenvalue weighted by Gasteiger charge is -1.99. The van der Waals surface area contributed by atoms with Crippen LogP contribution < -0.4 is 0 Å². The molecule has 0 saturated heterocycles. The molecule has 0 aliphatic heterocycles. The van der Waals surface area contributed by atoms with Crippen molar-refractivity contribution in [2.45, 2.75) is 0 Å². The standard InChI is InChI=1S/C10H5ClFN2/c11-10-13-5-4-9(14-10)7-2-1-3-8(12)6-7/h1,3-6H. The van der Waals surface area contributed by atoms with Gasteiger partial charge in [0.05, 0.1) is 5.69 Å². The molecule has 1 aromatic heterocycles. The summed E-state index contributed by atoms with van der Waals surface area (Å²) in [5.41, 5.74) is 1.12. The maximum Gasteiger partial charge on any atom is 0.222 e. The Morgan fingerprint density at radius 1 is 1.36 bits per heavy atom. The van der Waals surface area contributed by atoms with Gasteiger partial charge >= 0.3 is 0 Å². The molecule has 1 radical (unpaired) electrons. The Labute approximate surface area is 85.4 Å². The molecule has 0 fully saturated rings. The molecule has 0 saturated carbocycles. The summed E-state index contributed by atoms with van der Waals surface area (Å²) >= 11 is 5.60. The van der Waals surface area contributed by atoms with Crippen LogP contribution in [0.3, 0.4) is 0 Å². The van der Waals surface area contributed by atoms with Crippen LogP contribution >= 0.6 is 11.6 Å². The fraction of sp³-hybridized carbons (Fsp3) is 0. The van der Waals surface area contributed by atoms with Gasteiger partial charge in [-0.3, -0.25) is 0 Å². The lowest BCUT2D eigenvalue weighted by molar-refractivity contribution is 0.628. The van der Waals surface area contributed by atoms with Gasteiger partial charge in [-0.1, -0.05) is 6.07 Å². The van der Waals surface area contributed by atoms with Gasteiger partial charge in [0.15, 0.2) is 0 Å². The summed E-state index contributed by atoms with van der Waals surface area (Å²) in [7, 11) is 0. The Balaban J connectivity index is 2.49. The van der Waals surface area contributed by atoms with Gasteiger partial charge in [0.2, 0.25) is 5.28 Å². The van der Waals surface area contributed by atoms with Crippen molar-refractivity contribution in [3.8, 4) is 11.3 Å². The van der Waals surface area contributed by atoms with Gasteiger partial charge in [0.1, 0.15) is 5.82 Å². The fourth-order valence-corrected chi connectivity index (χ4v) is 1.22. The summed E-state index contributed by atoms with van der Waals surface area (Å²) < 4.78 is 12.9. The zero-order valence-electron chi connectivity index (χ0n) is 7.04. The van der Waals surface area contributed by atoms with Crippen molar-refractivity contribution in [3.05, 3.63) is 47.6 Å². The van der Waals surface area contributed by atoms with Crippen LogP contribution in [0.4, 0.5) is 4.39 Å². The summed E-state index contributed by atoms with van der Waals surface area (Å²) in [5.74, 6) is -0.325. The molecule has 2 aromatic rings. The first kappa shape index (κ1) is 9.09. The highest BCUT2D eigenvalue weighted by atomic mass is 35.5. The molecular formula is C10H5ClFN2.